The lowest BCUT2D eigenvalue weighted by Gasteiger charge is -2.32. The summed E-state index contributed by atoms with van der Waals surface area (Å²) in [4.78, 5) is 12.0. The molecule has 0 bridgehead atoms. The fraction of sp³-hybridized carbons (Fsp3) is 0.962. The molecule has 3 N–H and O–H groups in total. The molecule has 0 radical (unpaired) electrons. The highest BCUT2D eigenvalue weighted by atomic mass is 16.6. The van der Waals surface area contributed by atoms with Crippen LogP contribution in [0.3, 0.4) is 0 Å². The average molecular weight is 444 g/mol. The van der Waals surface area contributed by atoms with E-state index in [1.165, 1.54) is 83.5 Å². The molecule has 0 aliphatic heterocycles. The van der Waals surface area contributed by atoms with Gasteiger partial charge in [0.05, 0.1) is 18.8 Å². The summed E-state index contributed by atoms with van der Waals surface area (Å²) in [7, 11) is 0. The molecule has 0 heterocycles. The summed E-state index contributed by atoms with van der Waals surface area (Å²) in [5.41, 5.74) is -1.60. The van der Waals surface area contributed by atoms with Crippen LogP contribution in [0.4, 0.5) is 4.79 Å². The molecule has 0 aromatic carbocycles. The maximum Gasteiger partial charge on any atom is 0.408 e. The van der Waals surface area contributed by atoms with Crippen LogP contribution < -0.4 is 5.32 Å². The molecule has 0 aromatic heterocycles. The van der Waals surface area contributed by atoms with Crippen LogP contribution in [0.5, 0.6) is 0 Å². The second-order valence-electron chi connectivity index (χ2n) is 10.3. The van der Waals surface area contributed by atoms with Crippen LogP contribution in [0.2, 0.25) is 0 Å². The van der Waals surface area contributed by atoms with Crippen LogP contribution in [0.15, 0.2) is 0 Å². The van der Waals surface area contributed by atoms with Gasteiger partial charge < -0.3 is 20.3 Å². The van der Waals surface area contributed by atoms with Crippen molar-refractivity contribution >= 4 is 6.09 Å². The number of carbonyl (C=O) groups is 1. The molecule has 0 saturated carbocycles. The van der Waals surface area contributed by atoms with Gasteiger partial charge in [-0.15, -0.1) is 0 Å². The topological polar surface area (TPSA) is 78.8 Å². The lowest BCUT2D eigenvalue weighted by Crippen LogP contribution is -2.55. The van der Waals surface area contributed by atoms with Crippen molar-refractivity contribution in [3.05, 3.63) is 0 Å². The third-order valence-electron chi connectivity index (χ3n) is 5.88. The Morgan fingerprint density at radius 1 is 0.677 bits per heavy atom. The summed E-state index contributed by atoms with van der Waals surface area (Å²) in [6.07, 6.45) is 20.8. The Bertz CT molecular complexity index is 416. The van der Waals surface area contributed by atoms with E-state index in [1.54, 1.807) is 20.8 Å². The van der Waals surface area contributed by atoms with Gasteiger partial charge in [-0.25, -0.2) is 4.79 Å². The number of unbranched alkanes of at least 4 members (excludes halogenated alkanes) is 15. The molecule has 0 spiro atoms. The molecule has 5 nitrogen and oxygen atoms in total. The van der Waals surface area contributed by atoms with Crippen molar-refractivity contribution in [2.75, 3.05) is 13.2 Å². The highest BCUT2D eigenvalue weighted by Crippen LogP contribution is 2.18. The standard InChI is InChI=1S/C26H53NO4/c1-5-6-7-8-9-10-11-12-13-14-15-16-17-18-19-20-21-26(22-28,23-29)27-24(30)31-25(2,3)4/h28-29H,5-23H2,1-4H3,(H,27,30). The van der Waals surface area contributed by atoms with Crippen molar-refractivity contribution in [2.45, 2.75) is 148 Å². The van der Waals surface area contributed by atoms with Crippen LogP contribution in [0.1, 0.15) is 137 Å². The van der Waals surface area contributed by atoms with Gasteiger partial charge in [0.2, 0.25) is 0 Å². The quantitative estimate of drug-likeness (QED) is 0.179. The first kappa shape index (κ1) is 30.2. The van der Waals surface area contributed by atoms with Gasteiger partial charge in [0.1, 0.15) is 5.60 Å². The highest BCUT2D eigenvalue weighted by molar-refractivity contribution is 5.68. The van der Waals surface area contributed by atoms with E-state index in [0.717, 1.165) is 19.3 Å². The van der Waals surface area contributed by atoms with Crippen molar-refractivity contribution < 1.29 is 19.7 Å². The fourth-order valence-electron chi connectivity index (χ4n) is 3.88. The lowest BCUT2D eigenvalue weighted by atomic mass is 9.93. The third kappa shape index (κ3) is 18.5. The van der Waals surface area contributed by atoms with Gasteiger partial charge in [-0.3, -0.25) is 0 Å². The second-order valence-corrected chi connectivity index (χ2v) is 10.3. The number of alkyl carbamates (subject to hydrolysis) is 1. The van der Waals surface area contributed by atoms with E-state index < -0.39 is 17.2 Å². The first-order valence-corrected chi connectivity index (χ1v) is 13.0. The molecule has 0 unspecified atom stereocenters. The molecule has 0 atom stereocenters. The van der Waals surface area contributed by atoms with E-state index in [-0.39, 0.29) is 13.2 Å². The van der Waals surface area contributed by atoms with Crippen LogP contribution >= 0.6 is 0 Å². The largest absolute Gasteiger partial charge is 0.444 e. The molecule has 0 fully saturated rings. The molecule has 186 valence electrons. The van der Waals surface area contributed by atoms with Crippen molar-refractivity contribution in [1.82, 2.24) is 5.32 Å². The van der Waals surface area contributed by atoms with Gasteiger partial charge >= 0.3 is 6.09 Å². The number of carbonyl (C=O) groups excluding carboxylic acids is 1. The van der Waals surface area contributed by atoms with Crippen molar-refractivity contribution in [3.63, 3.8) is 0 Å². The van der Waals surface area contributed by atoms with Gasteiger partial charge in [-0.1, -0.05) is 110 Å². The number of aliphatic hydroxyl groups is 2. The molecule has 0 aliphatic rings. The predicted octanol–water partition coefficient (Wildman–Crippen LogP) is 6.89. The van der Waals surface area contributed by atoms with E-state index in [0.29, 0.717) is 6.42 Å². The Labute approximate surface area is 192 Å². The summed E-state index contributed by atoms with van der Waals surface area (Å²) in [5.74, 6) is 0. The minimum Gasteiger partial charge on any atom is -0.444 e. The van der Waals surface area contributed by atoms with Gasteiger partial charge in [0.25, 0.3) is 0 Å². The van der Waals surface area contributed by atoms with Gasteiger partial charge in [0.15, 0.2) is 0 Å². The number of ether oxygens (including phenoxy) is 1. The van der Waals surface area contributed by atoms with E-state index in [4.69, 9.17) is 4.74 Å². The van der Waals surface area contributed by atoms with Crippen LogP contribution in [0, 0.1) is 0 Å². The zero-order chi connectivity index (χ0) is 23.4. The fourth-order valence-corrected chi connectivity index (χ4v) is 3.88. The Morgan fingerprint density at radius 3 is 1.35 bits per heavy atom. The summed E-state index contributed by atoms with van der Waals surface area (Å²) in [6, 6.07) is 0. The highest BCUT2D eigenvalue weighted by Gasteiger charge is 2.32. The molecule has 31 heavy (non-hydrogen) atoms. The molecule has 1 amide bonds. The summed E-state index contributed by atoms with van der Waals surface area (Å²) in [6.45, 7) is 7.07. The smallest absolute Gasteiger partial charge is 0.408 e. The van der Waals surface area contributed by atoms with Crippen LogP contribution in [0.25, 0.3) is 0 Å². The minimum atomic E-state index is -1.00. The van der Waals surface area contributed by atoms with E-state index in [2.05, 4.69) is 12.2 Å². The first-order chi connectivity index (χ1) is 14.8. The summed E-state index contributed by atoms with van der Waals surface area (Å²) in [5, 5.41) is 22.1. The van der Waals surface area contributed by atoms with Gasteiger partial charge in [-0.2, -0.15) is 0 Å². The monoisotopic (exact) mass is 443 g/mol. The molecule has 0 aromatic rings. The number of hydrogen-bond donors (Lipinski definition) is 3. The predicted molar refractivity (Wildman–Crippen MR) is 130 cm³/mol. The zero-order valence-electron chi connectivity index (χ0n) is 21.1. The zero-order valence-corrected chi connectivity index (χ0v) is 21.1. The molecule has 5 heteroatoms. The molecule has 0 saturated heterocycles. The normalized spacial score (nSPS) is 12.2. The number of nitrogens with one attached hydrogen (secondary N) is 1. The number of hydrogen-bond acceptors (Lipinski definition) is 4. The van der Waals surface area contributed by atoms with E-state index in [9.17, 15) is 15.0 Å². The lowest BCUT2D eigenvalue weighted by molar-refractivity contribution is 0.0269. The number of amides is 1. The van der Waals surface area contributed by atoms with Crippen molar-refractivity contribution in [2.24, 2.45) is 0 Å². The summed E-state index contributed by atoms with van der Waals surface area (Å²) < 4.78 is 5.26. The van der Waals surface area contributed by atoms with Gasteiger partial charge in [-0.05, 0) is 27.2 Å². The van der Waals surface area contributed by atoms with Gasteiger partial charge in [0, 0.05) is 0 Å². The third-order valence-corrected chi connectivity index (χ3v) is 5.88. The Kier molecular flexibility index (Phi) is 18.2. The number of rotatable bonds is 20. The second kappa shape index (κ2) is 18.7. The van der Waals surface area contributed by atoms with Crippen LogP contribution in [-0.2, 0) is 4.74 Å². The first-order valence-electron chi connectivity index (χ1n) is 13.0. The van der Waals surface area contributed by atoms with Crippen LogP contribution in [-0.4, -0.2) is 40.7 Å². The van der Waals surface area contributed by atoms with E-state index in [1.807, 2.05) is 0 Å². The SMILES string of the molecule is CCCCCCCCCCCCCCCCCCC(CO)(CO)NC(=O)OC(C)(C)C. The molecular weight excluding hydrogens is 390 g/mol. The Balaban J connectivity index is 3.67. The van der Waals surface area contributed by atoms with Crippen molar-refractivity contribution in [1.29, 1.82) is 0 Å². The Morgan fingerprint density at radius 2 is 1.03 bits per heavy atom. The molecule has 0 rings (SSSR count). The van der Waals surface area contributed by atoms with Crippen molar-refractivity contribution in [3.8, 4) is 0 Å². The summed E-state index contributed by atoms with van der Waals surface area (Å²) >= 11 is 0. The average Bonchev–Trinajstić information content (AvgIpc) is 2.71. The van der Waals surface area contributed by atoms with E-state index >= 15 is 0 Å². The Hall–Kier alpha value is -0.810. The molecule has 0 aliphatic carbocycles. The molecular formula is C26H53NO4. The minimum absolute atomic E-state index is 0.290. The maximum atomic E-state index is 12.0. The number of aliphatic hydroxyl groups excluding tert-OH is 2. The maximum absolute atomic E-state index is 12.0.